The molecule has 0 saturated heterocycles. The first-order valence-corrected chi connectivity index (χ1v) is 6.92. The minimum absolute atomic E-state index is 0.442. The molecular weight excluding hydrogens is 256 g/mol. The number of rotatable bonds is 2. The van der Waals surface area contributed by atoms with E-state index in [1.54, 1.807) is 11.3 Å². The van der Waals surface area contributed by atoms with Gasteiger partial charge in [0.2, 0.25) is 0 Å². The van der Waals surface area contributed by atoms with Crippen LogP contribution in [0.1, 0.15) is 11.1 Å². The van der Waals surface area contributed by atoms with E-state index in [0.29, 0.717) is 5.82 Å². The van der Waals surface area contributed by atoms with Gasteiger partial charge in [0.15, 0.2) is 11.6 Å². The van der Waals surface area contributed by atoms with Crippen molar-refractivity contribution < 1.29 is 4.52 Å². The molecule has 0 unspecified atom stereocenters. The van der Waals surface area contributed by atoms with Crippen LogP contribution < -0.4 is 5.73 Å². The van der Waals surface area contributed by atoms with E-state index in [9.17, 15) is 0 Å². The van der Waals surface area contributed by atoms with Crippen LogP contribution in [0, 0.1) is 13.8 Å². The van der Waals surface area contributed by atoms with E-state index in [4.69, 9.17) is 10.3 Å². The lowest BCUT2D eigenvalue weighted by Gasteiger charge is -2.05. The van der Waals surface area contributed by atoms with E-state index in [-0.39, 0.29) is 0 Å². The summed E-state index contributed by atoms with van der Waals surface area (Å²) < 4.78 is 5.47. The summed E-state index contributed by atoms with van der Waals surface area (Å²) in [6.07, 6.45) is 0. The van der Waals surface area contributed by atoms with Crippen molar-refractivity contribution in [1.82, 2.24) is 5.16 Å². The molecule has 0 bridgehead atoms. The molecule has 0 atom stereocenters. The number of nitrogens with two attached hydrogens (primary N) is 1. The van der Waals surface area contributed by atoms with Crippen molar-refractivity contribution in [3.63, 3.8) is 0 Å². The van der Waals surface area contributed by atoms with Gasteiger partial charge in [-0.3, -0.25) is 0 Å². The van der Waals surface area contributed by atoms with Crippen LogP contribution in [0.5, 0.6) is 0 Å². The van der Waals surface area contributed by atoms with Crippen LogP contribution in [0.3, 0.4) is 0 Å². The fraction of sp³-hybridized carbons (Fsp3) is 0.133. The van der Waals surface area contributed by atoms with E-state index < -0.39 is 0 Å². The molecule has 19 heavy (non-hydrogen) atoms. The summed E-state index contributed by atoms with van der Waals surface area (Å²) in [5, 5.41) is 5.99. The first-order chi connectivity index (χ1) is 9.18. The summed E-state index contributed by atoms with van der Waals surface area (Å²) >= 11 is 1.64. The van der Waals surface area contributed by atoms with Crippen LogP contribution in [0.15, 0.2) is 40.2 Å². The van der Waals surface area contributed by atoms with Crippen molar-refractivity contribution in [1.29, 1.82) is 0 Å². The third-order valence-electron chi connectivity index (χ3n) is 3.20. The zero-order chi connectivity index (χ0) is 13.4. The molecule has 0 amide bonds. The van der Waals surface area contributed by atoms with Gasteiger partial charge in [0.1, 0.15) is 0 Å². The Hall–Kier alpha value is -2.07. The molecule has 0 aliphatic carbocycles. The molecule has 2 N–H and O–H groups in total. The van der Waals surface area contributed by atoms with Crippen LogP contribution in [-0.2, 0) is 0 Å². The van der Waals surface area contributed by atoms with Crippen molar-refractivity contribution in [3.05, 3.63) is 46.8 Å². The maximum Gasteiger partial charge on any atom is 0.187 e. The maximum atomic E-state index is 6.00. The molecule has 1 aromatic carbocycles. The Morgan fingerprint density at radius 2 is 1.89 bits per heavy atom. The van der Waals surface area contributed by atoms with E-state index in [1.165, 1.54) is 5.56 Å². The third-order valence-corrected chi connectivity index (χ3v) is 4.22. The smallest absolute Gasteiger partial charge is 0.187 e. The van der Waals surface area contributed by atoms with Crippen LogP contribution in [-0.4, -0.2) is 5.16 Å². The number of nitrogen functional groups attached to an aromatic ring is 1. The number of aryl methyl sites for hydroxylation is 2. The van der Waals surface area contributed by atoms with Gasteiger partial charge in [0, 0.05) is 0 Å². The topological polar surface area (TPSA) is 52.0 Å². The quantitative estimate of drug-likeness (QED) is 0.756. The Morgan fingerprint density at radius 3 is 2.58 bits per heavy atom. The predicted octanol–water partition coefficient (Wildman–Crippen LogP) is 4.27. The van der Waals surface area contributed by atoms with E-state index in [1.807, 2.05) is 23.6 Å². The molecule has 3 aromatic rings. The second kappa shape index (κ2) is 4.55. The molecule has 2 heterocycles. The largest absolute Gasteiger partial charge is 0.380 e. The highest BCUT2D eigenvalue weighted by Crippen LogP contribution is 2.41. The summed E-state index contributed by atoms with van der Waals surface area (Å²) in [6.45, 7) is 4.12. The van der Waals surface area contributed by atoms with Gasteiger partial charge in [-0.05, 0) is 42.0 Å². The second-order valence-electron chi connectivity index (χ2n) is 4.52. The fourth-order valence-electron chi connectivity index (χ4n) is 2.18. The highest BCUT2D eigenvalue weighted by Gasteiger charge is 2.20. The fourth-order valence-corrected chi connectivity index (χ4v) is 3.09. The summed E-state index contributed by atoms with van der Waals surface area (Å²) in [7, 11) is 0. The molecule has 96 valence electrons. The minimum Gasteiger partial charge on any atom is -0.380 e. The molecule has 0 aliphatic rings. The van der Waals surface area contributed by atoms with Gasteiger partial charge < -0.3 is 10.3 Å². The molecule has 2 aromatic heterocycles. The van der Waals surface area contributed by atoms with Crippen LogP contribution in [0.25, 0.3) is 21.8 Å². The lowest BCUT2D eigenvalue weighted by atomic mass is 9.99. The molecule has 3 rings (SSSR count). The van der Waals surface area contributed by atoms with Crippen molar-refractivity contribution in [3.8, 4) is 21.8 Å². The Bertz CT molecular complexity index is 727. The second-order valence-corrected chi connectivity index (χ2v) is 5.44. The van der Waals surface area contributed by atoms with E-state index in [0.717, 1.165) is 27.3 Å². The average Bonchev–Trinajstić information content (AvgIpc) is 2.96. The number of nitrogens with zero attached hydrogens (tertiary/aromatic N) is 1. The molecular formula is C15H14N2OS. The van der Waals surface area contributed by atoms with Crippen molar-refractivity contribution in [2.24, 2.45) is 0 Å². The molecule has 0 fully saturated rings. The molecule has 0 aliphatic heterocycles. The number of hydrogen-bond donors (Lipinski definition) is 1. The van der Waals surface area contributed by atoms with Crippen LogP contribution >= 0.6 is 11.3 Å². The van der Waals surface area contributed by atoms with Gasteiger partial charge in [-0.25, -0.2) is 0 Å². The van der Waals surface area contributed by atoms with Crippen LogP contribution in [0.2, 0.25) is 0 Å². The van der Waals surface area contributed by atoms with Gasteiger partial charge in [0.25, 0.3) is 0 Å². The number of anilines is 1. The van der Waals surface area contributed by atoms with Crippen LogP contribution in [0.4, 0.5) is 5.82 Å². The predicted molar refractivity (Wildman–Crippen MR) is 79.1 cm³/mol. The number of thiophene rings is 1. The molecule has 3 nitrogen and oxygen atoms in total. The normalized spacial score (nSPS) is 10.8. The van der Waals surface area contributed by atoms with E-state index in [2.05, 4.69) is 31.1 Å². The van der Waals surface area contributed by atoms with Gasteiger partial charge >= 0.3 is 0 Å². The number of benzene rings is 1. The van der Waals surface area contributed by atoms with Gasteiger partial charge in [-0.2, -0.15) is 0 Å². The highest BCUT2D eigenvalue weighted by molar-refractivity contribution is 7.13. The zero-order valence-electron chi connectivity index (χ0n) is 10.8. The maximum absolute atomic E-state index is 6.00. The lowest BCUT2D eigenvalue weighted by Crippen LogP contribution is -1.90. The molecule has 4 heteroatoms. The average molecular weight is 270 g/mol. The Morgan fingerprint density at radius 1 is 1.11 bits per heavy atom. The molecule has 0 saturated carbocycles. The van der Waals surface area contributed by atoms with Gasteiger partial charge in [-0.15, -0.1) is 11.3 Å². The SMILES string of the molecule is Cc1ccccc1-c1c(N)noc1-c1sccc1C. The molecule has 0 spiro atoms. The first-order valence-electron chi connectivity index (χ1n) is 6.04. The minimum atomic E-state index is 0.442. The van der Waals surface area contributed by atoms with Crippen molar-refractivity contribution >= 4 is 17.2 Å². The number of hydrogen-bond acceptors (Lipinski definition) is 4. The van der Waals surface area contributed by atoms with Crippen molar-refractivity contribution in [2.75, 3.05) is 5.73 Å². The standard InChI is InChI=1S/C15H14N2OS/c1-9-5-3-4-6-11(9)12-13(18-17-15(12)16)14-10(2)7-8-19-14/h3-8H,1-2H3,(H2,16,17). The van der Waals surface area contributed by atoms with Gasteiger partial charge in [-0.1, -0.05) is 29.4 Å². The summed E-state index contributed by atoms with van der Waals surface area (Å²) in [6, 6.07) is 10.2. The first kappa shape index (κ1) is 12.0. The summed E-state index contributed by atoms with van der Waals surface area (Å²) in [5.41, 5.74) is 10.3. The van der Waals surface area contributed by atoms with E-state index >= 15 is 0 Å². The monoisotopic (exact) mass is 270 g/mol. The zero-order valence-corrected chi connectivity index (χ0v) is 11.6. The Kier molecular flexibility index (Phi) is 2.87. The summed E-state index contributed by atoms with van der Waals surface area (Å²) in [5.74, 6) is 1.21. The summed E-state index contributed by atoms with van der Waals surface area (Å²) in [4.78, 5) is 1.09. The van der Waals surface area contributed by atoms with Crippen molar-refractivity contribution in [2.45, 2.75) is 13.8 Å². The third kappa shape index (κ3) is 1.94. The Balaban J connectivity index is 2.26. The Labute approximate surface area is 115 Å². The number of aromatic nitrogens is 1. The molecule has 0 radical (unpaired) electrons. The lowest BCUT2D eigenvalue weighted by molar-refractivity contribution is 0.437. The highest BCUT2D eigenvalue weighted by atomic mass is 32.1. The van der Waals surface area contributed by atoms with Gasteiger partial charge in [0.05, 0.1) is 10.4 Å².